The second kappa shape index (κ2) is 4.62. The fourth-order valence-electron chi connectivity index (χ4n) is 1.17. The summed E-state index contributed by atoms with van der Waals surface area (Å²) in [6, 6.07) is 0. The Morgan fingerprint density at radius 3 is 2.17 bits per heavy atom. The van der Waals surface area contributed by atoms with Gasteiger partial charge in [-0.3, -0.25) is 0 Å². The van der Waals surface area contributed by atoms with E-state index in [1.54, 1.807) is 0 Å². The molecule has 0 atom stereocenters. The van der Waals surface area contributed by atoms with Crippen molar-refractivity contribution >= 4 is 16.4 Å². The van der Waals surface area contributed by atoms with E-state index in [1.807, 2.05) is 0 Å². The first-order valence-corrected chi connectivity index (χ1v) is 5.32. The van der Waals surface area contributed by atoms with Crippen molar-refractivity contribution in [1.82, 2.24) is 4.90 Å². The maximum absolute atomic E-state index is 4.56. The molecule has 0 saturated heterocycles. The van der Waals surface area contributed by atoms with Crippen LogP contribution >= 0.6 is 0 Å². The predicted molar refractivity (Wildman–Crippen MR) is 58.3 cm³/mol. The SMILES string of the molecule is CCCN=C(N(C)C)[N+](C)(C)[SiH3]. The highest BCUT2D eigenvalue weighted by Crippen LogP contribution is 1.97. The Morgan fingerprint density at radius 1 is 1.42 bits per heavy atom. The van der Waals surface area contributed by atoms with Gasteiger partial charge in [0.2, 0.25) is 10.4 Å². The average Bonchev–Trinajstić information content (AvgIpc) is 1.84. The van der Waals surface area contributed by atoms with Crippen LogP contribution < -0.4 is 0 Å². The van der Waals surface area contributed by atoms with Crippen molar-refractivity contribution in [1.29, 1.82) is 0 Å². The molecule has 3 nitrogen and oxygen atoms in total. The molecule has 0 bridgehead atoms. The fraction of sp³-hybridized carbons (Fsp3) is 0.875. The first-order chi connectivity index (χ1) is 5.39. The quantitative estimate of drug-likeness (QED) is 0.329. The van der Waals surface area contributed by atoms with Crippen LogP contribution in [0.5, 0.6) is 0 Å². The van der Waals surface area contributed by atoms with Gasteiger partial charge in [0.25, 0.3) is 5.96 Å². The van der Waals surface area contributed by atoms with E-state index < -0.39 is 0 Å². The second-order valence-electron chi connectivity index (χ2n) is 4.09. The molecule has 0 spiro atoms. The molecule has 0 fully saturated rings. The summed E-state index contributed by atoms with van der Waals surface area (Å²) in [5.41, 5.74) is 0. The van der Waals surface area contributed by atoms with Crippen LogP contribution in [0.1, 0.15) is 13.3 Å². The topological polar surface area (TPSA) is 15.6 Å². The Kier molecular flexibility index (Phi) is 4.48. The van der Waals surface area contributed by atoms with Crippen LogP contribution in [-0.4, -0.2) is 60.1 Å². The third kappa shape index (κ3) is 3.87. The van der Waals surface area contributed by atoms with Crippen molar-refractivity contribution < 1.29 is 4.15 Å². The summed E-state index contributed by atoms with van der Waals surface area (Å²) in [4.78, 5) is 6.68. The lowest BCUT2D eigenvalue weighted by atomic mass is 10.5. The Balaban J connectivity index is 4.44. The van der Waals surface area contributed by atoms with Crippen molar-refractivity contribution in [3.05, 3.63) is 0 Å². The van der Waals surface area contributed by atoms with E-state index in [4.69, 9.17) is 0 Å². The first kappa shape index (κ1) is 11.6. The van der Waals surface area contributed by atoms with E-state index in [0.29, 0.717) is 0 Å². The lowest BCUT2D eigenvalue weighted by Gasteiger charge is -2.30. The highest BCUT2D eigenvalue weighted by Gasteiger charge is 2.18. The number of nitrogens with zero attached hydrogens (tertiary/aromatic N) is 3. The maximum atomic E-state index is 4.56. The predicted octanol–water partition coefficient (Wildman–Crippen LogP) is -0.329. The number of aliphatic imine (C=N–C) groups is 1. The molecule has 0 aliphatic heterocycles. The van der Waals surface area contributed by atoms with Crippen LogP contribution in [0.15, 0.2) is 4.99 Å². The molecule has 0 unspecified atom stereocenters. The van der Waals surface area contributed by atoms with Crippen LogP contribution in [0.2, 0.25) is 0 Å². The zero-order chi connectivity index (χ0) is 9.78. The van der Waals surface area contributed by atoms with Gasteiger partial charge < -0.3 is 9.05 Å². The third-order valence-corrected chi connectivity index (χ3v) is 1.88. The summed E-state index contributed by atoms with van der Waals surface area (Å²) in [6.07, 6.45) is 1.12. The Morgan fingerprint density at radius 2 is 1.92 bits per heavy atom. The Hall–Kier alpha value is -0.353. The smallest absolute Gasteiger partial charge is 0.280 e. The van der Waals surface area contributed by atoms with E-state index in [1.165, 1.54) is 5.96 Å². The summed E-state index contributed by atoms with van der Waals surface area (Å²) in [5, 5.41) is 0. The molecule has 0 aromatic rings. The third-order valence-electron chi connectivity index (χ3n) is 1.48. The number of hydrogen-bond acceptors (Lipinski definition) is 1. The number of quaternary nitrogens is 1. The van der Waals surface area contributed by atoms with E-state index in [9.17, 15) is 0 Å². The zero-order valence-electron chi connectivity index (χ0n) is 9.26. The van der Waals surface area contributed by atoms with E-state index in [-0.39, 0.29) is 0 Å². The van der Waals surface area contributed by atoms with Crippen molar-refractivity contribution in [2.45, 2.75) is 13.3 Å². The van der Waals surface area contributed by atoms with Gasteiger partial charge in [-0.15, -0.1) is 0 Å². The summed E-state index contributed by atoms with van der Waals surface area (Å²) >= 11 is 0. The molecule has 0 aromatic heterocycles. The maximum Gasteiger partial charge on any atom is 0.280 e. The van der Waals surface area contributed by atoms with Gasteiger partial charge in [-0.1, -0.05) is 6.92 Å². The molecule has 0 heterocycles. The van der Waals surface area contributed by atoms with Crippen LogP contribution in [0.4, 0.5) is 0 Å². The summed E-state index contributed by atoms with van der Waals surface area (Å²) in [5.74, 6) is 1.18. The molecule has 0 aromatic carbocycles. The van der Waals surface area contributed by atoms with Gasteiger partial charge >= 0.3 is 0 Å². The van der Waals surface area contributed by atoms with E-state index >= 15 is 0 Å². The minimum Gasteiger partial charge on any atom is -0.330 e. The van der Waals surface area contributed by atoms with Gasteiger partial charge in [0.1, 0.15) is 0 Å². The van der Waals surface area contributed by atoms with Gasteiger partial charge in [-0.25, -0.2) is 4.99 Å². The molecule has 0 radical (unpaired) electrons. The van der Waals surface area contributed by atoms with Crippen molar-refractivity contribution in [2.75, 3.05) is 34.7 Å². The van der Waals surface area contributed by atoms with Crippen LogP contribution in [-0.2, 0) is 0 Å². The zero-order valence-corrected chi connectivity index (χ0v) is 11.3. The van der Waals surface area contributed by atoms with Crippen molar-refractivity contribution in [3.8, 4) is 0 Å². The molecule has 0 aliphatic carbocycles. The molecule has 0 N–H and O–H groups in total. The fourth-order valence-corrected chi connectivity index (χ4v) is 1.71. The average molecular weight is 188 g/mol. The molecular weight excluding hydrogens is 166 g/mol. The van der Waals surface area contributed by atoms with Crippen molar-refractivity contribution in [2.24, 2.45) is 4.99 Å². The highest BCUT2D eigenvalue weighted by molar-refractivity contribution is 6.04. The van der Waals surface area contributed by atoms with Crippen LogP contribution in [0.25, 0.3) is 0 Å². The molecule has 0 saturated carbocycles. The lowest BCUT2D eigenvalue weighted by molar-refractivity contribution is -0.678. The Labute approximate surface area is 79.2 Å². The largest absolute Gasteiger partial charge is 0.330 e. The summed E-state index contributed by atoms with van der Waals surface area (Å²) in [6.45, 7) is 3.10. The molecule has 0 rings (SSSR count). The number of guanidine groups is 1. The van der Waals surface area contributed by atoms with Crippen LogP contribution in [0, 0.1) is 0 Å². The molecule has 72 valence electrons. The highest BCUT2D eigenvalue weighted by atomic mass is 28.2. The standard InChI is InChI=1S/C8H22N3Si/c1-6-7-9-8(10(2)3)11(4,5)12/h6-7H2,1-5,12H3/q+1. The van der Waals surface area contributed by atoms with Gasteiger partial charge in [0, 0.05) is 20.6 Å². The molecule has 0 aliphatic rings. The number of rotatable bonds is 2. The lowest BCUT2D eigenvalue weighted by Crippen LogP contribution is -2.50. The minimum atomic E-state index is 0.924. The van der Waals surface area contributed by atoms with Gasteiger partial charge in [0.05, 0.1) is 14.1 Å². The van der Waals surface area contributed by atoms with Gasteiger partial charge in [-0.05, 0) is 6.42 Å². The summed E-state index contributed by atoms with van der Waals surface area (Å²) < 4.78 is 0.924. The Bertz CT molecular complexity index is 158. The normalized spacial score (nSPS) is 13.6. The first-order valence-electron chi connectivity index (χ1n) is 4.43. The molecule has 4 heteroatoms. The molecule has 0 amide bonds. The molecule has 12 heavy (non-hydrogen) atoms. The van der Waals surface area contributed by atoms with Crippen molar-refractivity contribution in [3.63, 3.8) is 0 Å². The van der Waals surface area contributed by atoms with E-state index in [0.717, 1.165) is 27.5 Å². The van der Waals surface area contributed by atoms with Gasteiger partial charge in [-0.2, -0.15) is 0 Å². The minimum absolute atomic E-state index is 0.924. The van der Waals surface area contributed by atoms with Crippen LogP contribution in [0.3, 0.4) is 0 Å². The molecular formula is C8H22N3Si+. The second-order valence-corrected chi connectivity index (χ2v) is 6.32. The monoisotopic (exact) mass is 188 g/mol. The van der Waals surface area contributed by atoms with E-state index in [2.05, 4.69) is 45.0 Å². The van der Waals surface area contributed by atoms with Gasteiger partial charge in [0.15, 0.2) is 0 Å². The summed E-state index contributed by atoms with van der Waals surface area (Å²) in [7, 11) is 9.61. The number of hydrogen-bond donors (Lipinski definition) is 0.